The Morgan fingerprint density at radius 1 is 1.11 bits per heavy atom. The van der Waals surface area contributed by atoms with E-state index in [2.05, 4.69) is 36.3 Å². The van der Waals surface area contributed by atoms with Crippen LogP contribution in [-0.2, 0) is 47.1 Å². The number of carbonyl (C=O) groups is 2. The second-order valence-corrected chi connectivity index (χ2v) is 18.4. The molecule has 14 heteroatoms. The van der Waals surface area contributed by atoms with Crippen molar-refractivity contribution in [3.8, 4) is 5.75 Å². The lowest BCUT2D eigenvalue weighted by molar-refractivity contribution is -0.00207. The predicted octanol–water partition coefficient (Wildman–Crippen LogP) is 6.44. The zero-order chi connectivity index (χ0) is 38.3. The minimum Gasteiger partial charge on any atom is -0.490 e. The molecule has 1 unspecified atom stereocenters. The van der Waals surface area contributed by atoms with Crippen molar-refractivity contribution in [2.45, 2.75) is 63.5 Å². The van der Waals surface area contributed by atoms with Crippen LogP contribution in [0, 0.1) is 17.8 Å². The molecule has 4 aliphatic rings. The van der Waals surface area contributed by atoms with Crippen LogP contribution >= 0.6 is 11.6 Å². The third kappa shape index (κ3) is 7.97. The number of nitrogens with one attached hydrogen (secondary N) is 1. The molecule has 8 rings (SSSR count). The lowest BCUT2D eigenvalue weighted by atomic mass is 9.68. The van der Waals surface area contributed by atoms with Gasteiger partial charge in [-0.25, -0.2) is 13.7 Å². The summed E-state index contributed by atoms with van der Waals surface area (Å²) in [5.41, 5.74) is 4.58. The smallest absolute Gasteiger partial charge is 0.341 e. The summed E-state index contributed by atoms with van der Waals surface area (Å²) in [7, 11) is 0.369. The predicted molar refractivity (Wildman–Crippen MR) is 212 cm³/mol. The number of ether oxygens (including phenoxy) is 2. The van der Waals surface area contributed by atoms with E-state index in [0.29, 0.717) is 43.0 Å². The minimum atomic E-state index is -3.22. The molecule has 2 bridgehead atoms. The van der Waals surface area contributed by atoms with Crippen LogP contribution in [0.15, 0.2) is 77.7 Å². The Labute approximate surface area is 327 Å². The van der Waals surface area contributed by atoms with E-state index in [9.17, 15) is 13.8 Å². The molecule has 1 spiro atoms. The number of allylic oxidation sites excluding steroid dienone is 1. The summed E-state index contributed by atoms with van der Waals surface area (Å²) in [5, 5.41) is 9.14. The number of rotatable bonds is 5. The molecule has 1 N–H and O–H groups in total. The Balaban J connectivity index is 1.19. The third-order valence-electron chi connectivity index (χ3n) is 11.7. The van der Waals surface area contributed by atoms with Crippen LogP contribution < -0.4 is 14.4 Å². The quantitative estimate of drug-likeness (QED) is 0.181. The van der Waals surface area contributed by atoms with Gasteiger partial charge in [-0.3, -0.25) is 14.2 Å². The Bertz CT molecular complexity index is 2260. The number of halogens is 1. The Morgan fingerprint density at radius 2 is 1.95 bits per heavy atom. The molecule has 12 nitrogen and oxygen atoms in total. The zero-order valence-electron chi connectivity index (χ0n) is 31.5. The highest BCUT2D eigenvalue weighted by atomic mass is 35.5. The van der Waals surface area contributed by atoms with E-state index in [4.69, 9.17) is 21.1 Å². The maximum Gasteiger partial charge on any atom is 0.341 e. The van der Waals surface area contributed by atoms with E-state index < -0.39 is 27.9 Å². The Morgan fingerprint density at radius 3 is 2.71 bits per heavy atom. The normalized spacial score (nSPS) is 28.5. The fourth-order valence-corrected chi connectivity index (χ4v) is 10.9. The number of fused-ring (bicyclic) bond motifs is 4. The summed E-state index contributed by atoms with van der Waals surface area (Å²) in [4.78, 5) is 29.9. The molecule has 55 heavy (non-hydrogen) atoms. The van der Waals surface area contributed by atoms with Crippen LogP contribution in [0.4, 0.5) is 5.69 Å². The molecular weight excluding hydrogens is 738 g/mol. The highest BCUT2D eigenvalue weighted by Crippen LogP contribution is 2.47. The van der Waals surface area contributed by atoms with Gasteiger partial charge in [0.25, 0.3) is 5.91 Å². The summed E-state index contributed by atoms with van der Waals surface area (Å²) in [6.07, 6.45) is 15.6. The molecule has 2 aliphatic carbocycles. The second-order valence-electron chi connectivity index (χ2n) is 15.9. The molecule has 290 valence electrons. The van der Waals surface area contributed by atoms with Gasteiger partial charge in [0.05, 0.1) is 30.3 Å². The fourth-order valence-electron chi connectivity index (χ4n) is 8.74. The van der Waals surface area contributed by atoms with Crippen LogP contribution in [0.25, 0.3) is 0 Å². The molecule has 2 aliphatic heterocycles. The molecule has 0 radical (unpaired) electrons. The third-order valence-corrected chi connectivity index (χ3v) is 14.0. The van der Waals surface area contributed by atoms with Crippen LogP contribution in [-0.4, -0.2) is 67.2 Å². The largest absolute Gasteiger partial charge is 0.490 e. The lowest BCUT2D eigenvalue weighted by Gasteiger charge is -2.46. The first kappa shape index (κ1) is 37.5. The molecular formula is C41H48ClN7O5S. The van der Waals surface area contributed by atoms with Gasteiger partial charge in [0, 0.05) is 79.4 Å². The van der Waals surface area contributed by atoms with Gasteiger partial charge in [-0.15, -0.1) is 4.36 Å². The van der Waals surface area contributed by atoms with Crippen LogP contribution in [0.5, 0.6) is 5.75 Å². The highest BCUT2D eigenvalue weighted by molar-refractivity contribution is 7.92. The fraction of sp³-hybridized carbons (Fsp3) is 0.463. The Hall–Kier alpha value is -4.46. The number of aromatic nitrogens is 4. The number of anilines is 1. The monoisotopic (exact) mass is 785 g/mol. The van der Waals surface area contributed by atoms with Gasteiger partial charge in [0.1, 0.15) is 21.8 Å². The number of hydrogen-bond donors (Lipinski definition) is 1. The average molecular weight is 786 g/mol. The first-order valence-electron chi connectivity index (χ1n) is 19.1. The van der Waals surface area contributed by atoms with Crippen molar-refractivity contribution in [1.29, 1.82) is 0 Å². The summed E-state index contributed by atoms with van der Waals surface area (Å²) in [5.74, 6) is 0.0505. The second kappa shape index (κ2) is 15.2. The summed E-state index contributed by atoms with van der Waals surface area (Å²) >= 11 is 6.49. The van der Waals surface area contributed by atoms with Gasteiger partial charge in [0.15, 0.2) is 0 Å². The van der Waals surface area contributed by atoms with Gasteiger partial charge in [-0.2, -0.15) is 10.2 Å². The topological polar surface area (TPSA) is 133 Å². The van der Waals surface area contributed by atoms with Crippen molar-refractivity contribution < 1.29 is 23.3 Å². The number of hydrogen-bond acceptors (Lipinski definition) is 8. The number of carbonyl (C=O) groups excluding carboxylic acids is 2. The molecule has 1 amide bonds. The number of esters is 1. The van der Waals surface area contributed by atoms with Gasteiger partial charge in [-0.05, 0) is 97.9 Å². The van der Waals surface area contributed by atoms with E-state index in [1.807, 2.05) is 50.5 Å². The van der Waals surface area contributed by atoms with Crippen LogP contribution in [0.1, 0.15) is 76.4 Å². The first-order valence-corrected chi connectivity index (χ1v) is 21.2. The summed E-state index contributed by atoms with van der Waals surface area (Å²) < 4.78 is 38.4. The van der Waals surface area contributed by atoms with Gasteiger partial charge in [-0.1, -0.05) is 30.7 Å². The van der Waals surface area contributed by atoms with Gasteiger partial charge < -0.3 is 14.4 Å². The SMILES string of the molecule is C[C@H]1C/C=C\[C@H](OC(=O)c2cnn(C)c2)[C@@H]2CC[C@H]2CN2C[C@@]3(CCCc4cc(Cl)ccc43)COc3ccc(cc32)C(=O)N=S(=O)(NCc2cnn(C)c2)C1. The zero-order valence-corrected chi connectivity index (χ0v) is 33.1. The van der Waals surface area contributed by atoms with Crippen molar-refractivity contribution in [2.24, 2.45) is 36.2 Å². The van der Waals surface area contributed by atoms with E-state index in [1.165, 1.54) is 17.3 Å². The summed E-state index contributed by atoms with van der Waals surface area (Å²) in [6.45, 7) is 4.06. The number of nitrogens with zero attached hydrogens (tertiary/aromatic N) is 6. The van der Waals surface area contributed by atoms with Crippen LogP contribution in [0.3, 0.4) is 0 Å². The number of aryl methyl sites for hydroxylation is 3. The standard InChI is InChI=1S/C41H48ClN7O5S/c1-27-6-4-8-37(54-40(51)32-20-44-48(3)22-32)34-12-9-31(34)23-49-25-41(15-5-7-29-16-33(42)11-13-35(29)41)26-53-38-14-10-30(17-36(38)49)39(50)46-55(52,24-27)45-19-28-18-43-47(2)21-28/h4,8,10-11,13-14,16-18,20-22,27,31,34,37H,5-7,9,12,15,19,23-26H2,1-3H3,(H,45,46,50,52)/b8-4-/t27-,31-,34+,37-,41-,55?/m0/s1. The van der Waals surface area contributed by atoms with E-state index in [1.54, 1.807) is 34.9 Å². The molecule has 0 saturated heterocycles. The highest BCUT2D eigenvalue weighted by Gasteiger charge is 2.45. The maximum absolute atomic E-state index is 14.6. The minimum absolute atomic E-state index is 0.0753. The van der Waals surface area contributed by atoms with E-state index >= 15 is 0 Å². The summed E-state index contributed by atoms with van der Waals surface area (Å²) in [6, 6.07) is 11.6. The molecule has 4 aromatic rings. The average Bonchev–Trinajstić information content (AvgIpc) is 3.74. The molecule has 1 saturated carbocycles. The number of amides is 1. The molecule has 1 fully saturated rings. The van der Waals surface area contributed by atoms with Crippen molar-refractivity contribution in [1.82, 2.24) is 24.3 Å². The van der Waals surface area contributed by atoms with Crippen molar-refractivity contribution in [3.05, 3.63) is 106 Å². The molecule has 2 aromatic heterocycles. The van der Waals surface area contributed by atoms with Gasteiger partial charge in [0.2, 0.25) is 0 Å². The first-order chi connectivity index (χ1) is 26.5. The van der Waals surface area contributed by atoms with E-state index in [0.717, 1.165) is 48.4 Å². The van der Waals surface area contributed by atoms with E-state index in [-0.39, 0.29) is 35.5 Å². The molecule has 6 atom stereocenters. The van der Waals surface area contributed by atoms with Crippen molar-refractivity contribution in [2.75, 3.05) is 30.3 Å². The number of benzene rings is 2. The van der Waals surface area contributed by atoms with Gasteiger partial charge >= 0.3 is 5.97 Å². The van der Waals surface area contributed by atoms with Crippen molar-refractivity contribution in [3.63, 3.8) is 0 Å². The Kier molecular flexibility index (Phi) is 10.4. The lowest BCUT2D eigenvalue weighted by Crippen LogP contribution is -2.49. The maximum atomic E-state index is 14.6. The van der Waals surface area contributed by atoms with Crippen molar-refractivity contribution >= 4 is 39.1 Å². The molecule has 2 aromatic carbocycles. The van der Waals surface area contributed by atoms with Crippen LogP contribution in [0.2, 0.25) is 5.02 Å². The molecule has 4 heterocycles.